The summed E-state index contributed by atoms with van der Waals surface area (Å²) in [6, 6.07) is 14.4. The van der Waals surface area contributed by atoms with E-state index < -0.39 is 10.1 Å². The molecule has 0 aromatic heterocycles. The quantitative estimate of drug-likeness (QED) is 0.616. The van der Waals surface area contributed by atoms with Crippen LogP contribution < -0.4 is 4.18 Å². The van der Waals surface area contributed by atoms with Crippen molar-refractivity contribution in [1.29, 1.82) is 0 Å². The molecule has 0 bridgehead atoms. The van der Waals surface area contributed by atoms with E-state index in [4.69, 9.17) is 8.92 Å². The smallest absolute Gasteiger partial charge is 0.306 e. The molecule has 1 aliphatic rings. The zero-order valence-corrected chi connectivity index (χ0v) is 17.7. The molecule has 1 amide bonds. The molecule has 3 rings (SSSR count). The summed E-state index contributed by atoms with van der Waals surface area (Å²) < 4.78 is 33.1. The monoisotopic (exact) mass is 417 g/mol. The average Bonchev–Trinajstić information content (AvgIpc) is 3.20. The molecule has 1 saturated heterocycles. The molecule has 156 valence electrons. The molecule has 0 unspecified atom stereocenters. The highest BCUT2D eigenvalue weighted by Gasteiger charge is 2.23. The van der Waals surface area contributed by atoms with Crippen molar-refractivity contribution in [2.75, 3.05) is 19.4 Å². The van der Waals surface area contributed by atoms with Crippen LogP contribution in [0.3, 0.4) is 0 Å². The Morgan fingerprint density at radius 3 is 2.31 bits per heavy atom. The predicted molar refractivity (Wildman–Crippen MR) is 111 cm³/mol. The Morgan fingerprint density at radius 2 is 1.76 bits per heavy atom. The number of benzene rings is 2. The largest absolute Gasteiger partial charge is 0.383 e. The van der Waals surface area contributed by atoms with Crippen LogP contribution in [0.5, 0.6) is 5.75 Å². The van der Waals surface area contributed by atoms with Crippen molar-refractivity contribution in [1.82, 2.24) is 4.90 Å². The molecule has 0 aliphatic carbocycles. The fourth-order valence-corrected chi connectivity index (χ4v) is 3.83. The van der Waals surface area contributed by atoms with Crippen LogP contribution >= 0.6 is 0 Å². The van der Waals surface area contributed by atoms with Crippen LogP contribution in [0.4, 0.5) is 0 Å². The summed E-state index contributed by atoms with van der Waals surface area (Å²) >= 11 is 0. The molecule has 1 aliphatic heterocycles. The van der Waals surface area contributed by atoms with E-state index in [-0.39, 0.29) is 17.8 Å². The molecule has 1 atom stereocenters. The van der Waals surface area contributed by atoms with Gasteiger partial charge in [-0.1, -0.05) is 31.2 Å². The first-order valence-corrected chi connectivity index (χ1v) is 11.6. The molecule has 1 heterocycles. The van der Waals surface area contributed by atoms with Crippen molar-refractivity contribution in [3.05, 3.63) is 65.2 Å². The van der Waals surface area contributed by atoms with Gasteiger partial charge in [-0.2, -0.15) is 8.42 Å². The maximum atomic E-state index is 13.2. The van der Waals surface area contributed by atoms with E-state index in [1.807, 2.05) is 24.3 Å². The first-order chi connectivity index (χ1) is 13.8. The zero-order valence-electron chi connectivity index (χ0n) is 16.8. The van der Waals surface area contributed by atoms with Crippen LogP contribution in [-0.2, 0) is 27.8 Å². The molecular weight excluding hydrogens is 390 g/mol. The zero-order chi connectivity index (χ0) is 20.9. The molecule has 6 nitrogen and oxygen atoms in total. The van der Waals surface area contributed by atoms with Gasteiger partial charge in [-0.05, 0) is 54.7 Å². The molecular formula is C22H27NO5S. The number of aryl methyl sites for hydroxylation is 1. The van der Waals surface area contributed by atoms with Crippen LogP contribution in [0.25, 0.3) is 0 Å². The Morgan fingerprint density at radius 1 is 1.10 bits per heavy atom. The Bertz CT molecular complexity index is 917. The van der Waals surface area contributed by atoms with E-state index in [2.05, 4.69) is 6.92 Å². The van der Waals surface area contributed by atoms with E-state index >= 15 is 0 Å². The van der Waals surface area contributed by atoms with Crippen molar-refractivity contribution in [2.24, 2.45) is 0 Å². The van der Waals surface area contributed by atoms with Gasteiger partial charge in [0.1, 0.15) is 5.75 Å². The van der Waals surface area contributed by atoms with E-state index in [0.717, 1.165) is 37.7 Å². The minimum atomic E-state index is -3.57. The van der Waals surface area contributed by atoms with Gasteiger partial charge in [0.15, 0.2) is 0 Å². The van der Waals surface area contributed by atoms with Crippen LogP contribution in [0.1, 0.15) is 41.3 Å². The van der Waals surface area contributed by atoms with Crippen molar-refractivity contribution < 1.29 is 22.1 Å². The second kappa shape index (κ2) is 9.41. The number of carbonyl (C=O) groups is 1. The third kappa shape index (κ3) is 6.30. The van der Waals surface area contributed by atoms with Gasteiger partial charge in [-0.25, -0.2) is 0 Å². The second-order valence-electron chi connectivity index (χ2n) is 7.30. The van der Waals surface area contributed by atoms with Crippen LogP contribution in [0.15, 0.2) is 48.5 Å². The SMILES string of the molecule is CCc1ccc(C(=O)N(Cc2ccc(OS(C)(=O)=O)cc2)C[C@H]2CCCO2)cc1. The first-order valence-electron chi connectivity index (χ1n) is 9.82. The predicted octanol–water partition coefficient (Wildman–Crippen LogP) is 3.41. The topological polar surface area (TPSA) is 72.9 Å². The fraction of sp³-hybridized carbons (Fsp3) is 0.409. The number of carbonyl (C=O) groups excluding carboxylic acids is 1. The van der Waals surface area contributed by atoms with Gasteiger partial charge in [0.2, 0.25) is 0 Å². The highest BCUT2D eigenvalue weighted by atomic mass is 32.2. The standard InChI is InChI=1S/C22H27NO5S/c1-3-17-6-10-19(11-7-17)22(24)23(16-21-5-4-14-27-21)15-18-8-12-20(13-9-18)28-29(2,25)26/h6-13,21H,3-5,14-16H2,1-2H3/t21-/m1/s1. The van der Waals surface area contributed by atoms with E-state index in [9.17, 15) is 13.2 Å². The summed E-state index contributed by atoms with van der Waals surface area (Å²) in [5, 5.41) is 0. The van der Waals surface area contributed by atoms with Gasteiger partial charge < -0.3 is 13.8 Å². The van der Waals surface area contributed by atoms with Crippen LogP contribution in [0, 0.1) is 0 Å². The second-order valence-corrected chi connectivity index (χ2v) is 8.88. The lowest BCUT2D eigenvalue weighted by atomic mass is 10.1. The molecule has 0 spiro atoms. The van der Waals surface area contributed by atoms with Gasteiger partial charge in [0, 0.05) is 25.3 Å². The number of hydrogen-bond donors (Lipinski definition) is 0. The summed E-state index contributed by atoms with van der Waals surface area (Å²) in [6.45, 7) is 3.75. The minimum absolute atomic E-state index is 0.0420. The van der Waals surface area contributed by atoms with E-state index in [0.29, 0.717) is 18.7 Å². The van der Waals surface area contributed by atoms with Crippen molar-refractivity contribution >= 4 is 16.0 Å². The maximum Gasteiger partial charge on any atom is 0.306 e. The van der Waals surface area contributed by atoms with E-state index in [1.165, 1.54) is 5.56 Å². The van der Waals surface area contributed by atoms with Gasteiger partial charge in [0.05, 0.1) is 12.4 Å². The van der Waals surface area contributed by atoms with Gasteiger partial charge in [-0.15, -0.1) is 0 Å². The van der Waals surface area contributed by atoms with Crippen molar-refractivity contribution in [3.8, 4) is 5.75 Å². The molecule has 0 radical (unpaired) electrons. The highest BCUT2D eigenvalue weighted by Crippen LogP contribution is 2.20. The molecule has 0 N–H and O–H groups in total. The van der Waals surface area contributed by atoms with Crippen LogP contribution in [0.2, 0.25) is 0 Å². The summed E-state index contributed by atoms with van der Waals surface area (Å²) in [6.07, 6.45) is 3.93. The van der Waals surface area contributed by atoms with Gasteiger partial charge in [-0.3, -0.25) is 4.79 Å². The number of nitrogens with zero attached hydrogens (tertiary/aromatic N) is 1. The minimum Gasteiger partial charge on any atom is -0.383 e. The Hall–Kier alpha value is -2.38. The molecule has 1 fully saturated rings. The number of ether oxygens (including phenoxy) is 1. The number of hydrogen-bond acceptors (Lipinski definition) is 5. The lowest BCUT2D eigenvalue weighted by Gasteiger charge is -2.26. The first kappa shape index (κ1) is 21.3. The van der Waals surface area contributed by atoms with E-state index in [1.54, 1.807) is 29.2 Å². The summed E-state index contributed by atoms with van der Waals surface area (Å²) in [5.41, 5.74) is 2.73. The molecule has 29 heavy (non-hydrogen) atoms. The third-order valence-corrected chi connectivity index (χ3v) is 5.38. The maximum absolute atomic E-state index is 13.2. The fourth-order valence-electron chi connectivity index (χ4n) is 3.36. The van der Waals surface area contributed by atoms with Crippen LogP contribution in [-0.4, -0.2) is 44.7 Å². The lowest BCUT2D eigenvalue weighted by molar-refractivity contribution is 0.0507. The summed E-state index contributed by atoms with van der Waals surface area (Å²) in [5.74, 6) is 0.211. The summed E-state index contributed by atoms with van der Waals surface area (Å²) in [7, 11) is -3.57. The highest BCUT2D eigenvalue weighted by molar-refractivity contribution is 7.86. The Kier molecular flexibility index (Phi) is 6.92. The number of rotatable bonds is 8. The average molecular weight is 418 g/mol. The van der Waals surface area contributed by atoms with Crippen molar-refractivity contribution in [3.63, 3.8) is 0 Å². The summed E-state index contributed by atoms with van der Waals surface area (Å²) in [4.78, 5) is 15.0. The van der Waals surface area contributed by atoms with Gasteiger partial charge in [0.25, 0.3) is 5.91 Å². The van der Waals surface area contributed by atoms with Gasteiger partial charge >= 0.3 is 10.1 Å². The third-order valence-electron chi connectivity index (χ3n) is 4.89. The van der Waals surface area contributed by atoms with Crippen molar-refractivity contribution in [2.45, 2.75) is 38.8 Å². The molecule has 2 aromatic carbocycles. The Balaban J connectivity index is 1.76. The lowest BCUT2D eigenvalue weighted by Crippen LogP contribution is -2.37. The molecule has 0 saturated carbocycles. The molecule has 2 aromatic rings. The number of amides is 1. The molecule has 7 heteroatoms. The Labute approximate surface area is 172 Å². The normalized spacial score (nSPS) is 16.6.